The molecule has 1 aliphatic carbocycles. The van der Waals surface area contributed by atoms with Gasteiger partial charge in [0.1, 0.15) is 5.78 Å². The van der Waals surface area contributed by atoms with Gasteiger partial charge in [0.15, 0.2) is 0 Å². The molecule has 1 saturated carbocycles. The molecule has 2 nitrogen and oxygen atoms in total. The Morgan fingerprint density at radius 1 is 1.00 bits per heavy atom. The Labute approximate surface area is 94.1 Å². The van der Waals surface area contributed by atoms with Crippen molar-refractivity contribution in [3.05, 3.63) is 0 Å². The number of ketones is 1. The molecule has 15 heavy (non-hydrogen) atoms. The third kappa shape index (κ3) is 11.6. The number of carbonyl (C=O) groups is 1. The molecule has 0 spiro atoms. The monoisotopic (exact) mass is 214 g/mol. The fourth-order valence-electron chi connectivity index (χ4n) is 1.66. The van der Waals surface area contributed by atoms with Gasteiger partial charge in [0.25, 0.3) is 0 Å². The average Bonchev–Trinajstić information content (AvgIpc) is 2.27. The number of hydrogen-bond donors (Lipinski definition) is 1. The van der Waals surface area contributed by atoms with E-state index in [1.54, 1.807) is 0 Å². The number of rotatable bonds is 5. The summed E-state index contributed by atoms with van der Waals surface area (Å²) in [5.41, 5.74) is 0. The third-order valence-corrected chi connectivity index (χ3v) is 2.67. The zero-order valence-corrected chi connectivity index (χ0v) is 10.1. The fraction of sp³-hybridized carbons (Fsp3) is 0.923. The predicted molar refractivity (Wildman–Crippen MR) is 63.9 cm³/mol. The lowest BCUT2D eigenvalue weighted by Gasteiger charge is -2.05. The first-order valence-corrected chi connectivity index (χ1v) is 6.43. The van der Waals surface area contributed by atoms with Crippen molar-refractivity contribution >= 4 is 5.78 Å². The molecule has 0 radical (unpaired) electrons. The highest BCUT2D eigenvalue weighted by Crippen LogP contribution is 2.12. The van der Waals surface area contributed by atoms with E-state index in [4.69, 9.17) is 5.11 Å². The molecule has 90 valence electrons. The molecular formula is C13H26O2. The zero-order valence-electron chi connectivity index (χ0n) is 10.1. The topological polar surface area (TPSA) is 37.3 Å². The molecule has 2 heteroatoms. The van der Waals surface area contributed by atoms with Crippen molar-refractivity contribution in [1.82, 2.24) is 0 Å². The summed E-state index contributed by atoms with van der Waals surface area (Å²) in [4.78, 5) is 10.5. The number of Topliss-reactive ketones (excluding diaryl/α,β-unsaturated/α-hetero) is 1. The Bertz CT molecular complexity index is 129. The second kappa shape index (κ2) is 11.7. The molecule has 0 heterocycles. The quantitative estimate of drug-likeness (QED) is 0.711. The molecule has 0 atom stereocenters. The number of hydrogen-bond acceptors (Lipinski definition) is 2. The molecule has 0 aromatic rings. The summed E-state index contributed by atoms with van der Waals surface area (Å²) in [6, 6.07) is 0. The molecular weight excluding hydrogens is 188 g/mol. The van der Waals surface area contributed by atoms with Crippen LogP contribution < -0.4 is 0 Å². The molecule has 0 aromatic carbocycles. The van der Waals surface area contributed by atoms with Crippen molar-refractivity contribution in [2.24, 2.45) is 0 Å². The standard InChI is InChI=1S/C7H16O.C6H10O/c1-2-3-4-5-6-7-8;7-6-4-2-1-3-5-6/h8H,2-7H2,1H3;1-5H2. The van der Waals surface area contributed by atoms with Crippen molar-refractivity contribution in [2.45, 2.75) is 71.1 Å². The normalized spacial score (nSPS) is 15.7. The van der Waals surface area contributed by atoms with Crippen molar-refractivity contribution in [2.75, 3.05) is 6.61 Å². The molecule has 0 aliphatic heterocycles. The van der Waals surface area contributed by atoms with Gasteiger partial charge in [-0.3, -0.25) is 4.79 Å². The van der Waals surface area contributed by atoms with E-state index >= 15 is 0 Å². The SMILES string of the molecule is CCCCCCCO.O=C1CCCCC1. The summed E-state index contributed by atoms with van der Waals surface area (Å²) < 4.78 is 0. The molecule has 1 rings (SSSR count). The highest BCUT2D eigenvalue weighted by Gasteiger charge is 2.05. The van der Waals surface area contributed by atoms with E-state index in [1.165, 1.54) is 32.1 Å². The van der Waals surface area contributed by atoms with Crippen LogP contribution in [-0.4, -0.2) is 17.5 Å². The lowest BCUT2D eigenvalue weighted by Crippen LogP contribution is -2.02. The number of carbonyl (C=O) groups excluding carboxylic acids is 1. The van der Waals surface area contributed by atoms with E-state index < -0.39 is 0 Å². The first-order chi connectivity index (χ1) is 7.31. The Hall–Kier alpha value is -0.370. The predicted octanol–water partition coefficient (Wildman–Crippen LogP) is 3.47. The van der Waals surface area contributed by atoms with Gasteiger partial charge in [-0.25, -0.2) is 0 Å². The second-order valence-corrected chi connectivity index (χ2v) is 4.24. The molecule has 0 bridgehead atoms. The van der Waals surface area contributed by atoms with Crippen LogP contribution in [0.25, 0.3) is 0 Å². The van der Waals surface area contributed by atoms with Crippen LogP contribution in [0.2, 0.25) is 0 Å². The van der Waals surface area contributed by atoms with Gasteiger partial charge in [-0.1, -0.05) is 39.0 Å². The minimum atomic E-state index is 0.365. The molecule has 0 unspecified atom stereocenters. The van der Waals surface area contributed by atoms with Crippen LogP contribution in [0.5, 0.6) is 0 Å². The minimum Gasteiger partial charge on any atom is -0.396 e. The maximum absolute atomic E-state index is 10.5. The average molecular weight is 214 g/mol. The van der Waals surface area contributed by atoms with Gasteiger partial charge in [-0.05, 0) is 19.3 Å². The highest BCUT2D eigenvalue weighted by molar-refractivity contribution is 5.78. The van der Waals surface area contributed by atoms with Crippen molar-refractivity contribution < 1.29 is 9.90 Å². The number of aliphatic hydroxyl groups excluding tert-OH is 1. The number of unbranched alkanes of at least 4 members (excludes halogenated alkanes) is 4. The largest absolute Gasteiger partial charge is 0.396 e. The minimum absolute atomic E-state index is 0.365. The van der Waals surface area contributed by atoms with Crippen molar-refractivity contribution in [3.63, 3.8) is 0 Å². The Morgan fingerprint density at radius 2 is 1.60 bits per heavy atom. The molecule has 1 fully saturated rings. The van der Waals surface area contributed by atoms with Crippen LogP contribution in [0.4, 0.5) is 0 Å². The fourth-order valence-corrected chi connectivity index (χ4v) is 1.66. The molecule has 1 N–H and O–H groups in total. The van der Waals surface area contributed by atoms with Crippen LogP contribution in [0.15, 0.2) is 0 Å². The summed E-state index contributed by atoms with van der Waals surface area (Å²) in [6.07, 6.45) is 11.3. The first kappa shape index (κ1) is 14.6. The molecule has 0 amide bonds. The Kier molecular flexibility index (Phi) is 11.4. The van der Waals surface area contributed by atoms with Gasteiger partial charge in [-0.15, -0.1) is 0 Å². The molecule has 0 aromatic heterocycles. The van der Waals surface area contributed by atoms with Crippen LogP contribution in [0, 0.1) is 0 Å². The van der Waals surface area contributed by atoms with Crippen LogP contribution in [0.1, 0.15) is 71.1 Å². The Morgan fingerprint density at radius 3 is 2.00 bits per heavy atom. The first-order valence-electron chi connectivity index (χ1n) is 6.43. The van der Waals surface area contributed by atoms with Gasteiger partial charge in [0.05, 0.1) is 0 Å². The van der Waals surface area contributed by atoms with Gasteiger partial charge in [0.2, 0.25) is 0 Å². The van der Waals surface area contributed by atoms with E-state index in [2.05, 4.69) is 6.92 Å². The van der Waals surface area contributed by atoms with Crippen LogP contribution >= 0.6 is 0 Å². The number of aliphatic hydroxyl groups is 1. The van der Waals surface area contributed by atoms with Gasteiger partial charge in [0, 0.05) is 19.4 Å². The maximum Gasteiger partial charge on any atom is 0.132 e. The lowest BCUT2D eigenvalue weighted by atomic mass is 10.00. The van der Waals surface area contributed by atoms with Gasteiger partial charge < -0.3 is 5.11 Å². The van der Waals surface area contributed by atoms with Gasteiger partial charge in [-0.2, -0.15) is 0 Å². The highest BCUT2D eigenvalue weighted by atomic mass is 16.2. The summed E-state index contributed by atoms with van der Waals surface area (Å²) >= 11 is 0. The van der Waals surface area contributed by atoms with E-state index in [0.29, 0.717) is 12.4 Å². The summed E-state index contributed by atoms with van der Waals surface area (Å²) in [7, 11) is 0. The van der Waals surface area contributed by atoms with E-state index in [1.807, 2.05) is 0 Å². The zero-order chi connectivity index (χ0) is 11.4. The third-order valence-electron chi connectivity index (χ3n) is 2.67. The maximum atomic E-state index is 10.5. The lowest BCUT2D eigenvalue weighted by molar-refractivity contribution is -0.120. The van der Waals surface area contributed by atoms with Crippen LogP contribution in [-0.2, 0) is 4.79 Å². The van der Waals surface area contributed by atoms with Crippen molar-refractivity contribution in [1.29, 1.82) is 0 Å². The smallest absolute Gasteiger partial charge is 0.132 e. The van der Waals surface area contributed by atoms with Crippen LogP contribution in [0.3, 0.4) is 0 Å². The summed E-state index contributed by atoms with van der Waals surface area (Å²) in [6.45, 7) is 2.56. The Balaban J connectivity index is 0.000000262. The molecule has 1 aliphatic rings. The van der Waals surface area contributed by atoms with Crippen molar-refractivity contribution in [3.8, 4) is 0 Å². The molecule has 0 saturated heterocycles. The van der Waals surface area contributed by atoms with Gasteiger partial charge >= 0.3 is 0 Å². The van der Waals surface area contributed by atoms with E-state index in [-0.39, 0.29) is 0 Å². The van der Waals surface area contributed by atoms with E-state index in [9.17, 15) is 4.79 Å². The second-order valence-electron chi connectivity index (χ2n) is 4.24. The van der Waals surface area contributed by atoms with E-state index in [0.717, 1.165) is 32.1 Å². The summed E-state index contributed by atoms with van der Waals surface area (Å²) in [5, 5.41) is 8.37. The summed E-state index contributed by atoms with van der Waals surface area (Å²) in [5.74, 6) is 0.464.